The molecule has 0 saturated carbocycles. The molecule has 0 bridgehead atoms. The number of carbonyl (C=O) groups is 2. The number of piperazine rings is 1. The van der Waals surface area contributed by atoms with E-state index in [1.54, 1.807) is 30.2 Å². The van der Waals surface area contributed by atoms with Crippen molar-refractivity contribution in [3.05, 3.63) is 48.5 Å². The largest absolute Gasteiger partial charge is 0.495 e. The number of nitrogens with zero attached hydrogens (tertiary/aromatic N) is 2. The first-order chi connectivity index (χ1) is 14.6. The maximum Gasteiger partial charge on any atom is 0.267 e. The third-order valence-electron chi connectivity index (χ3n) is 5.22. The van der Waals surface area contributed by atoms with Gasteiger partial charge in [0.25, 0.3) is 5.91 Å². The summed E-state index contributed by atoms with van der Waals surface area (Å²) in [7, 11) is 1.57. The van der Waals surface area contributed by atoms with Gasteiger partial charge in [-0.15, -0.1) is 0 Å². The van der Waals surface area contributed by atoms with Crippen molar-refractivity contribution in [2.75, 3.05) is 51.8 Å². The number of amides is 2. The SMILES string of the molecule is COc1ccccc1NC(=O)CN1CCN(C(=O)[C@H]2COc3ccccc3O2)CC1. The molecule has 2 aliphatic heterocycles. The van der Waals surface area contributed by atoms with Gasteiger partial charge in [0, 0.05) is 26.2 Å². The van der Waals surface area contributed by atoms with Crippen LogP contribution in [0, 0.1) is 0 Å². The fourth-order valence-electron chi connectivity index (χ4n) is 3.61. The maximum absolute atomic E-state index is 12.8. The maximum atomic E-state index is 12.8. The summed E-state index contributed by atoms with van der Waals surface area (Å²) in [5.74, 6) is 1.68. The lowest BCUT2D eigenvalue weighted by Gasteiger charge is -2.36. The highest BCUT2D eigenvalue weighted by molar-refractivity contribution is 5.93. The second-order valence-corrected chi connectivity index (χ2v) is 7.21. The van der Waals surface area contributed by atoms with Crippen LogP contribution in [-0.2, 0) is 9.59 Å². The number of fused-ring (bicyclic) bond motifs is 1. The minimum Gasteiger partial charge on any atom is -0.495 e. The van der Waals surface area contributed by atoms with Gasteiger partial charge in [-0.25, -0.2) is 0 Å². The number of ether oxygens (including phenoxy) is 3. The molecule has 1 saturated heterocycles. The Balaban J connectivity index is 1.26. The van der Waals surface area contributed by atoms with Crippen LogP contribution in [0.2, 0.25) is 0 Å². The van der Waals surface area contributed by atoms with E-state index in [4.69, 9.17) is 14.2 Å². The lowest BCUT2D eigenvalue weighted by molar-refractivity contribution is -0.143. The fraction of sp³-hybridized carbons (Fsp3) is 0.364. The van der Waals surface area contributed by atoms with Gasteiger partial charge in [-0.05, 0) is 24.3 Å². The molecule has 1 fully saturated rings. The van der Waals surface area contributed by atoms with E-state index in [1.807, 2.05) is 35.2 Å². The highest BCUT2D eigenvalue weighted by Gasteiger charge is 2.32. The van der Waals surface area contributed by atoms with Gasteiger partial charge in [0.05, 0.1) is 19.3 Å². The van der Waals surface area contributed by atoms with Crippen LogP contribution in [0.1, 0.15) is 0 Å². The predicted octanol–water partition coefficient (Wildman–Crippen LogP) is 1.62. The summed E-state index contributed by atoms with van der Waals surface area (Å²) < 4.78 is 16.7. The van der Waals surface area contributed by atoms with Crippen molar-refractivity contribution in [1.82, 2.24) is 9.80 Å². The van der Waals surface area contributed by atoms with Crippen molar-refractivity contribution >= 4 is 17.5 Å². The van der Waals surface area contributed by atoms with Gasteiger partial charge in [-0.2, -0.15) is 0 Å². The van der Waals surface area contributed by atoms with Crippen LogP contribution in [0.3, 0.4) is 0 Å². The van der Waals surface area contributed by atoms with Crippen LogP contribution in [0.15, 0.2) is 48.5 Å². The predicted molar refractivity (Wildman–Crippen MR) is 111 cm³/mol. The van der Waals surface area contributed by atoms with Crippen molar-refractivity contribution < 1.29 is 23.8 Å². The second-order valence-electron chi connectivity index (χ2n) is 7.21. The van der Waals surface area contributed by atoms with Crippen molar-refractivity contribution in [2.24, 2.45) is 0 Å². The number of nitrogens with one attached hydrogen (secondary N) is 1. The highest BCUT2D eigenvalue weighted by atomic mass is 16.6. The Morgan fingerprint density at radius 3 is 2.50 bits per heavy atom. The monoisotopic (exact) mass is 411 g/mol. The third kappa shape index (κ3) is 4.49. The molecule has 0 unspecified atom stereocenters. The number of hydrogen-bond acceptors (Lipinski definition) is 6. The second kappa shape index (κ2) is 9.04. The molecule has 1 N–H and O–H groups in total. The number of para-hydroxylation sites is 4. The van der Waals surface area contributed by atoms with E-state index < -0.39 is 6.10 Å². The van der Waals surface area contributed by atoms with Crippen molar-refractivity contribution in [2.45, 2.75) is 6.10 Å². The van der Waals surface area contributed by atoms with E-state index in [1.165, 1.54) is 0 Å². The molecule has 158 valence electrons. The molecule has 2 amide bonds. The average Bonchev–Trinajstić information content (AvgIpc) is 2.79. The highest BCUT2D eigenvalue weighted by Crippen LogP contribution is 2.31. The number of benzene rings is 2. The molecule has 4 rings (SSSR count). The first-order valence-corrected chi connectivity index (χ1v) is 9.96. The van der Waals surface area contributed by atoms with Crippen molar-refractivity contribution in [3.8, 4) is 17.2 Å². The van der Waals surface area contributed by atoms with Crippen LogP contribution in [0.5, 0.6) is 17.2 Å². The summed E-state index contributed by atoms with van der Waals surface area (Å²) in [5.41, 5.74) is 0.647. The summed E-state index contributed by atoms with van der Waals surface area (Å²) >= 11 is 0. The van der Waals surface area contributed by atoms with Crippen LogP contribution in [0.4, 0.5) is 5.69 Å². The van der Waals surface area contributed by atoms with E-state index in [0.29, 0.717) is 49.1 Å². The zero-order chi connectivity index (χ0) is 20.9. The Hall–Kier alpha value is -3.26. The topological polar surface area (TPSA) is 80.3 Å². The summed E-state index contributed by atoms with van der Waals surface area (Å²) in [6, 6.07) is 14.6. The van der Waals surface area contributed by atoms with Crippen LogP contribution in [-0.4, -0.2) is 74.2 Å². The Bertz CT molecular complexity index is 911. The Labute approximate surface area is 175 Å². The Kier molecular flexibility index (Phi) is 6.04. The summed E-state index contributed by atoms with van der Waals surface area (Å²) in [4.78, 5) is 29.0. The van der Waals surface area contributed by atoms with Gasteiger partial charge < -0.3 is 24.4 Å². The number of carbonyl (C=O) groups excluding carboxylic acids is 2. The van der Waals surface area contributed by atoms with Gasteiger partial charge in [0.15, 0.2) is 11.5 Å². The van der Waals surface area contributed by atoms with Gasteiger partial charge in [-0.1, -0.05) is 24.3 Å². The molecule has 0 aliphatic carbocycles. The van der Waals surface area contributed by atoms with E-state index in [0.717, 1.165) is 0 Å². The quantitative estimate of drug-likeness (QED) is 0.806. The average molecular weight is 411 g/mol. The Morgan fingerprint density at radius 2 is 1.73 bits per heavy atom. The summed E-state index contributed by atoms with van der Waals surface area (Å²) in [6.45, 7) is 2.79. The standard InChI is InChI=1S/C22H25N3O5/c1-28-17-7-3-2-6-16(17)23-21(26)14-24-10-12-25(13-11-24)22(27)20-15-29-18-8-4-5-9-19(18)30-20/h2-9,20H,10-15H2,1H3,(H,23,26)/t20-/m1/s1. The molecule has 0 spiro atoms. The molecule has 1 atom stereocenters. The summed E-state index contributed by atoms with van der Waals surface area (Å²) in [6.07, 6.45) is -0.639. The molecule has 30 heavy (non-hydrogen) atoms. The fourth-order valence-corrected chi connectivity index (χ4v) is 3.61. The van der Waals surface area contributed by atoms with E-state index >= 15 is 0 Å². The number of rotatable bonds is 5. The van der Waals surface area contributed by atoms with E-state index in [9.17, 15) is 9.59 Å². The molecule has 8 heteroatoms. The van der Waals surface area contributed by atoms with Crippen molar-refractivity contribution in [3.63, 3.8) is 0 Å². The number of hydrogen-bond donors (Lipinski definition) is 1. The lowest BCUT2D eigenvalue weighted by Crippen LogP contribution is -2.54. The van der Waals surface area contributed by atoms with Gasteiger partial charge in [0.1, 0.15) is 12.4 Å². The number of anilines is 1. The molecule has 2 heterocycles. The number of methoxy groups -OCH3 is 1. The van der Waals surface area contributed by atoms with Gasteiger partial charge in [-0.3, -0.25) is 14.5 Å². The Morgan fingerprint density at radius 1 is 1.03 bits per heavy atom. The molecule has 2 aliphatic rings. The minimum absolute atomic E-state index is 0.0809. The van der Waals surface area contributed by atoms with Gasteiger partial charge in [0.2, 0.25) is 12.0 Å². The first kappa shape index (κ1) is 20.0. The smallest absolute Gasteiger partial charge is 0.267 e. The lowest BCUT2D eigenvalue weighted by atomic mass is 10.2. The first-order valence-electron chi connectivity index (χ1n) is 9.96. The van der Waals surface area contributed by atoms with Crippen LogP contribution in [0.25, 0.3) is 0 Å². The third-order valence-corrected chi connectivity index (χ3v) is 5.22. The summed E-state index contributed by atoms with van der Waals surface area (Å²) in [5, 5.41) is 2.88. The zero-order valence-electron chi connectivity index (χ0n) is 16.9. The molecular formula is C22H25N3O5. The zero-order valence-corrected chi connectivity index (χ0v) is 16.9. The molecule has 8 nitrogen and oxygen atoms in total. The van der Waals surface area contributed by atoms with Crippen LogP contribution >= 0.6 is 0 Å². The molecule has 2 aromatic rings. The molecular weight excluding hydrogens is 386 g/mol. The molecule has 2 aromatic carbocycles. The normalized spacial score (nSPS) is 18.6. The minimum atomic E-state index is -0.639. The van der Waals surface area contributed by atoms with Gasteiger partial charge >= 0.3 is 0 Å². The van der Waals surface area contributed by atoms with E-state index in [2.05, 4.69) is 5.32 Å². The van der Waals surface area contributed by atoms with Crippen molar-refractivity contribution in [1.29, 1.82) is 0 Å². The van der Waals surface area contributed by atoms with Crippen LogP contribution < -0.4 is 19.5 Å². The van der Waals surface area contributed by atoms with E-state index in [-0.39, 0.29) is 25.0 Å². The molecule has 0 radical (unpaired) electrons. The molecule has 0 aromatic heterocycles.